The second-order valence-electron chi connectivity index (χ2n) is 3.26. The van der Waals surface area contributed by atoms with E-state index in [4.69, 9.17) is 4.74 Å². The van der Waals surface area contributed by atoms with E-state index in [0.29, 0.717) is 5.25 Å². The minimum atomic E-state index is -0.327. The van der Waals surface area contributed by atoms with Crippen molar-refractivity contribution in [3.63, 3.8) is 0 Å². The summed E-state index contributed by atoms with van der Waals surface area (Å²) in [5, 5.41) is 3.51. The molecule has 1 fully saturated rings. The smallest absolute Gasteiger partial charge is 0.248 e. The van der Waals surface area contributed by atoms with Gasteiger partial charge in [0.05, 0.1) is 0 Å². The molecule has 0 aromatic rings. The Balaban J connectivity index is 2.13. The van der Waals surface area contributed by atoms with E-state index in [1.54, 1.807) is 14.0 Å². The highest BCUT2D eigenvalue weighted by atomic mass is 32.2. The molecular formula is C9H17NO2S. The molecule has 1 amide bonds. The average molecular weight is 203 g/mol. The Morgan fingerprint density at radius 2 is 2.54 bits per heavy atom. The molecule has 1 aliphatic rings. The van der Waals surface area contributed by atoms with Gasteiger partial charge in [0.25, 0.3) is 0 Å². The largest absolute Gasteiger partial charge is 0.372 e. The van der Waals surface area contributed by atoms with Gasteiger partial charge in [-0.05, 0) is 25.5 Å². The summed E-state index contributed by atoms with van der Waals surface area (Å²) in [4.78, 5) is 11.3. The van der Waals surface area contributed by atoms with Crippen molar-refractivity contribution < 1.29 is 9.53 Å². The molecule has 4 heteroatoms. The van der Waals surface area contributed by atoms with E-state index < -0.39 is 0 Å². The van der Waals surface area contributed by atoms with Crippen LogP contribution in [-0.4, -0.2) is 36.7 Å². The Morgan fingerprint density at radius 3 is 3.08 bits per heavy atom. The van der Waals surface area contributed by atoms with Gasteiger partial charge in [0, 0.05) is 18.9 Å². The summed E-state index contributed by atoms with van der Waals surface area (Å²) in [6.45, 7) is 2.55. The van der Waals surface area contributed by atoms with Gasteiger partial charge in [-0.3, -0.25) is 4.79 Å². The van der Waals surface area contributed by atoms with Crippen LogP contribution in [0, 0.1) is 0 Å². The van der Waals surface area contributed by atoms with E-state index in [1.807, 2.05) is 11.8 Å². The molecule has 1 rings (SSSR count). The molecule has 13 heavy (non-hydrogen) atoms. The second-order valence-corrected chi connectivity index (χ2v) is 4.67. The highest BCUT2D eigenvalue weighted by Crippen LogP contribution is 2.25. The van der Waals surface area contributed by atoms with E-state index >= 15 is 0 Å². The minimum Gasteiger partial charge on any atom is -0.372 e. The van der Waals surface area contributed by atoms with Crippen molar-refractivity contribution in [1.29, 1.82) is 0 Å². The van der Waals surface area contributed by atoms with Gasteiger partial charge in [0.1, 0.15) is 6.10 Å². The van der Waals surface area contributed by atoms with E-state index in [-0.39, 0.29) is 12.0 Å². The fourth-order valence-corrected chi connectivity index (χ4v) is 2.47. The van der Waals surface area contributed by atoms with Gasteiger partial charge in [-0.2, -0.15) is 11.8 Å². The van der Waals surface area contributed by atoms with Crippen LogP contribution in [-0.2, 0) is 9.53 Å². The Morgan fingerprint density at radius 1 is 1.77 bits per heavy atom. The molecule has 1 heterocycles. The fraction of sp³-hybridized carbons (Fsp3) is 0.889. The van der Waals surface area contributed by atoms with E-state index in [1.165, 1.54) is 18.6 Å². The zero-order chi connectivity index (χ0) is 9.68. The minimum absolute atomic E-state index is 0.00463. The first-order valence-electron chi connectivity index (χ1n) is 4.66. The molecule has 1 saturated heterocycles. The van der Waals surface area contributed by atoms with Crippen LogP contribution >= 0.6 is 11.8 Å². The number of rotatable bonds is 4. The summed E-state index contributed by atoms with van der Waals surface area (Å²) >= 11 is 1.95. The van der Waals surface area contributed by atoms with Crippen molar-refractivity contribution in [2.45, 2.75) is 31.1 Å². The van der Waals surface area contributed by atoms with E-state index in [2.05, 4.69) is 5.32 Å². The van der Waals surface area contributed by atoms with Gasteiger partial charge in [0.15, 0.2) is 0 Å². The summed E-state index contributed by atoms with van der Waals surface area (Å²) in [6, 6.07) is 0. The van der Waals surface area contributed by atoms with Crippen LogP contribution in [0.4, 0.5) is 0 Å². The highest BCUT2D eigenvalue weighted by Gasteiger charge is 2.17. The van der Waals surface area contributed by atoms with Gasteiger partial charge in [0.2, 0.25) is 5.91 Å². The van der Waals surface area contributed by atoms with Gasteiger partial charge in [-0.25, -0.2) is 0 Å². The Kier molecular flexibility index (Phi) is 4.59. The molecule has 0 bridgehead atoms. The number of nitrogens with one attached hydrogen (secondary N) is 1. The van der Waals surface area contributed by atoms with Crippen LogP contribution in [0.15, 0.2) is 0 Å². The number of hydrogen-bond donors (Lipinski definition) is 1. The highest BCUT2D eigenvalue weighted by molar-refractivity contribution is 8.00. The van der Waals surface area contributed by atoms with Crippen molar-refractivity contribution in [2.75, 3.05) is 19.4 Å². The van der Waals surface area contributed by atoms with Crippen molar-refractivity contribution >= 4 is 17.7 Å². The maximum absolute atomic E-state index is 11.3. The number of thioether (sulfide) groups is 1. The predicted octanol–water partition coefficient (Wildman–Crippen LogP) is 1.03. The van der Waals surface area contributed by atoms with Gasteiger partial charge < -0.3 is 10.1 Å². The summed E-state index contributed by atoms with van der Waals surface area (Å²) in [7, 11) is 1.55. The summed E-state index contributed by atoms with van der Waals surface area (Å²) in [5.41, 5.74) is 0. The van der Waals surface area contributed by atoms with Crippen LogP contribution in [0.1, 0.15) is 19.8 Å². The molecule has 0 spiro atoms. The van der Waals surface area contributed by atoms with Crippen LogP contribution in [0.2, 0.25) is 0 Å². The summed E-state index contributed by atoms with van der Waals surface area (Å²) < 4.78 is 4.91. The summed E-state index contributed by atoms with van der Waals surface area (Å²) in [6.07, 6.45) is 2.18. The zero-order valence-electron chi connectivity index (χ0n) is 8.21. The number of carbonyl (C=O) groups excluding carboxylic acids is 1. The van der Waals surface area contributed by atoms with Gasteiger partial charge in [-0.15, -0.1) is 0 Å². The Labute approximate surface area is 83.6 Å². The monoisotopic (exact) mass is 203 g/mol. The second kappa shape index (κ2) is 5.50. The maximum Gasteiger partial charge on any atom is 0.248 e. The van der Waals surface area contributed by atoms with Crippen molar-refractivity contribution in [1.82, 2.24) is 5.32 Å². The lowest BCUT2D eigenvalue weighted by Crippen LogP contribution is -2.37. The molecule has 2 unspecified atom stereocenters. The zero-order valence-corrected chi connectivity index (χ0v) is 9.02. The lowest BCUT2D eigenvalue weighted by Gasteiger charge is -2.13. The number of amides is 1. The van der Waals surface area contributed by atoms with E-state index in [9.17, 15) is 4.79 Å². The maximum atomic E-state index is 11.3. The first-order chi connectivity index (χ1) is 6.24. The number of ether oxygens (including phenoxy) is 1. The lowest BCUT2D eigenvalue weighted by atomic mass is 10.2. The molecular weight excluding hydrogens is 186 g/mol. The Bertz CT molecular complexity index is 169. The molecule has 1 N–H and O–H groups in total. The normalized spacial score (nSPS) is 24.3. The average Bonchev–Trinajstić information content (AvgIpc) is 2.65. The third-order valence-corrected chi connectivity index (χ3v) is 3.65. The lowest BCUT2D eigenvalue weighted by molar-refractivity contribution is -0.129. The van der Waals surface area contributed by atoms with Gasteiger partial charge >= 0.3 is 0 Å². The number of carbonyl (C=O) groups is 1. The molecule has 0 radical (unpaired) electrons. The van der Waals surface area contributed by atoms with Crippen LogP contribution in [0.5, 0.6) is 0 Å². The Hall–Kier alpha value is -0.220. The molecule has 2 atom stereocenters. The van der Waals surface area contributed by atoms with Crippen molar-refractivity contribution in [2.24, 2.45) is 0 Å². The standard InChI is InChI=1S/C9H17NO2S/c1-7(12-2)9(11)10-6-8-4-3-5-13-8/h7-8H,3-6H2,1-2H3,(H,10,11). The fourth-order valence-electron chi connectivity index (χ4n) is 1.27. The predicted molar refractivity (Wildman–Crippen MR) is 55.0 cm³/mol. The van der Waals surface area contributed by atoms with Crippen molar-refractivity contribution in [3.8, 4) is 0 Å². The van der Waals surface area contributed by atoms with Crippen molar-refractivity contribution in [3.05, 3.63) is 0 Å². The van der Waals surface area contributed by atoms with E-state index in [0.717, 1.165) is 6.54 Å². The first kappa shape index (κ1) is 10.9. The third kappa shape index (κ3) is 3.56. The topological polar surface area (TPSA) is 38.3 Å². The number of methoxy groups -OCH3 is 1. The molecule has 0 aromatic heterocycles. The van der Waals surface area contributed by atoms with Gasteiger partial charge in [-0.1, -0.05) is 0 Å². The molecule has 1 aliphatic heterocycles. The third-order valence-electron chi connectivity index (χ3n) is 2.25. The molecule has 0 saturated carbocycles. The molecule has 0 aliphatic carbocycles. The molecule has 3 nitrogen and oxygen atoms in total. The summed E-state index contributed by atoms with van der Waals surface area (Å²) in [5.74, 6) is 1.23. The van der Waals surface area contributed by atoms with Crippen LogP contribution in [0.25, 0.3) is 0 Å². The SMILES string of the molecule is COC(C)C(=O)NCC1CCCS1. The molecule has 76 valence electrons. The first-order valence-corrected chi connectivity index (χ1v) is 5.71. The van der Waals surface area contributed by atoms with Crippen LogP contribution < -0.4 is 5.32 Å². The molecule has 0 aromatic carbocycles. The quantitative estimate of drug-likeness (QED) is 0.741. The van der Waals surface area contributed by atoms with Crippen LogP contribution in [0.3, 0.4) is 0 Å². The number of hydrogen-bond acceptors (Lipinski definition) is 3.